The first kappa shape index (κ1) is 37.6. The lowest BCUT2D eigenvalue weighted by Crippen LogP contribution is -2.54. The average molecular weight is 686 g/mol. The van der Waals surface area contributed by atoms with Gasteiger partial charge in [0.25, 0.3) is 0 Å². The molecule has 49 heavy (non-hydrogen) atoms. The number of hydrogen-bond donors (Lipinski definition) is 2. The summed E-state index contributed by atoms with van der Waals surface area (Å²) < 4.78 is 27.2. The maximum absolute atomic E-state index is 12.6. The highest BCUT2D eigenvalue weighted by molar-refractivity contribution is 5.69. The molecule has 0 spiro atoms. The number of amides is 1. The quantitative estimate of drug-likeness (QED) is 0.127. The van der Waals surface area contributed by atoms with E-state index in [-0.39, 0.29) is 31.4 Å². The second-order valence-electron chi connectivity index (χ2n) is 15.4. The Labute approximate surface area is 292 Å². The van der Waals surface area contributed by atoms with E-state index in [1.807, 2.05) is 30.3 Å². The SMILES string of the molecule is CC12CCC3C(CCC4CC(OC(=O)NCCOCCOCCOCC(=O)O)CCC43C)C1CCC2CCCC(=O)OCc1ccccc1. The minimum Gasteiger partial charge on any atom is -0.480 e. The van der Waals surface area contributed by atoms with E-state index in [4.69, 9.17) is 28.8 Å². The summed E-state index contributed by atoms with van der Waals surface area (Å²) in [6, 6.07) is 9.90. The average Bonchev–Trinajstić information content (AvgIpc) is 3.42. The Hall–Kier alpha value is -2.69. The molecule has 0 radical (unpaired) electrons. The van der Waals surface area contributed by atoms with Gasteiger partial charge in [0.2, 0.25) is 0 Å². The second kappa shape index (κ2) is 18.0. The first-order valence-corrected chi connectivity index (χ1v) is 18.8. The Morgan fingerprint density at radius 2 is 1.55 bits per heavy atom. The normalized spacial score (nSPS) is 32.0. The highest BCUT2D eigenvalue weighted by atomic mass is 16.6. The molecule has 274 valence electrons. The lowest BCUT2D eigenvalue weighted by Gasteiger charge is -2.61. The lowest BCUT2D eigenvalue weighted by atomic mass is 9.44. The predicted molar refractivity (Wildman–Crippen MR) is 184 cm³/mol. The third-order valence-corrected chi connectivity index (χ3v) is 12.7. The van der Waals surface area contributed by atoms with Crippen LogP contribution in [0.5, 0.6) is 0 Å². The van der Waals surface area contributed by atoms with Crippen LogP contribution in [0.4, 0.5) is 4.79 Å². The fraction of sp³-hybridized carbons (Fsp3) is 0.769. The summed E-state index contributed by atoms with van der Waals surface area (Å²) >= 11 is 0. The Bertz CT molecular complexity index is 1210. The topological polar surface area (TPSA) is 130 Å². The summed E-state index contributed by atoms with van der Waals surface area (Å²) in [7, 11) is 0. The smallest absolute Gasteiger partial charge is 0.407 e. The van der Waals surface area contributed by atoms with Gasteiger partial charge in [0.05, 0.1) is 33.0 Å². The molecule has 4 saturated carbocycles. The van der Waals surface area contributed by atoms with Gasteiger partial charge in [-0.2, -0.15) is 0 Å². The van der Waals surface area contributed by atoms with Crippen molar-refractivity contribution >= 4 is 18.0 Å². The zero-order valence-corrected chi connectivity index (χ0v) is 29.7. The molecule has 2 N–H and O–H groups in total. The van der Waals surface area contributed by atoms with Crippen LogP contribution in [0.1, 0.15) is 96.5 Å². The molecule has 1 aromatic rings. The highest BCUT2D eigenvalue weighted by Gasteiger charge is 2.60. The fourth-order valence-electron chi connectivity index (χ4n) is 10.2. The van der Waals surface area contributed by atoms with Crippen LogP contribution in [0.3, 0.4) is 0 Å². The lowest BCUT2D eigenvalue weighted by molar-refractivity contribution is -0.145. The molecule has 0 aliphatic heterocycles. The summed E-state index contributed by atoms with van der Waals surface area (Å²) in [5.74, 6) is 2.54. The van der Waals surface area contributed by atoms with Gasteiger partial charge in [0.15, 0.2) is 0 Å². The third kappa shape index (κ3) is 9.97. The summed E-state index contributed by atoms with van der Waals surface area (Å²) in [5.41, 5.74) is 1.73. The van der Waals surface area contributed by atoms with Crippen LogP contribution in [-0.4, -0.2) is 75.4 Å². The van der Waals surface area contributed by atoms with E-state index in [1.54, 1.807) is 0 Å². The maximum atomic E-state index is 12.6. The van der Waals surface area contributed by atoms with Crippen LogP contribution in [0, 0.1) is 40.4 Å². The molecule has 4 fully saturated rings. The molecule has 0 saturated heterocycles. The molecule has 1 aromatic carbocycles. The van der Waals surface area contributed by atoms with E-state index >= 15 is 0 Å². The summed E-state index contributed by atoms with van der Waals surface area (Å²) in [4.78, 5) is 35.4. The fourth-order valence-corrected chi connectivity index (χ4v) is 10.2. The van der Waals surface area contributed by atoms with Gasteiger partial charge in [-0.1, -0.05) is 44.2 Å². The van der Waals surface area contributed by atoms with Crippen molar-refractivity contribution < 1.29 is 43.2 Å². The number of aliphatic carboxylic acids is 1. The van der Waals surface area contributed by atoms with Gasteiger partial charge >= 0.3 is 18.0 Å². The Kier molecular flexibility index (Phi) is 13.8. The second-order valence-corrected chi connectivity index (χ2v) is 15.4. The van der Waals surface area contributed by atoms with Crippen LogP contribution in [0.15, 0.2) is 30.3 Å². The highest BCUT2D eigenvalue weighted by Crippen LogP contribution is 2.68. The number of carbonyl (C=O) groups is 3. The van der Waals surface area contributed by atoms with Crippen molar-refractivity contribution in [2.24, 2.45) is 40.4 Å². The number of hydrogen-bond acceptors (Lipinski definition) is 8. The van der Waals surface area contributed by atoms with Gasteiger partial charge in [-0.25, -0.2) is 9.59 Å². The Morgan fingerprint density at radius 3 is 2.33 bits per heavy atom. The van der Waals surface area contributed by atoms with Crippen molar-refractivity contribution in [3.63, 3.8) is 0 Å². The standard InChI is InChI=1S/C39H59NO9/c1-38-18-16-34-32(33(38)14-12-29(38)9-6-10-36(43)48-26-28-7-4-3-5-8-28)13-11-30-25-31(15-17-39(30,34)2)49-37(44)40-19-20-45-21-22-46-23-24-47-27-35(41)42/h3-5,7-8,29-34H,6,9-27H2,1-2H3,(H,40,44)(H,41,42). The van der Waals surface area contributed by atoms with Crippen LogP contribution in [0.25, 0.3) is 0 Å². The van der Waals surface area contributed by atoms with Crippen molar-refractivity contribution in [1.82, 2.24) is 5.32 Å². The molecule has 8 atom stereocenters. The van der Waals surface area contributed by atoms with Crippen molar-refractivity contribution in [1.29, 1.82) is 0 Å². The van der Waals surface area contributed by atoms with E-state index < -0.39 is 5.97 Å². The largest absolute Gasteiger partial charge is 0.480 e. The predicted octanol–water partition coefficient (Wildman–Crippen LogP) is 6.79. The third-order valence-electron chi connectivity index (χ3n) is 12.7. The zero-order chi connectivity index (χ0) is 34.7. The molecule has 1 amide bonds. The van der Waals surface area contributed by atoms with Crippen molar-refractivity contribution in [2.45, 2.75) is 104 Å². The number of nitrogens with one attached hydrogen (secondary N) is 1. The summed E-state index contributed by atoms with van der Waals surface area (Å²) in [5, 5.41) is 11.4. The molecule has 0 bridgehead atoms. The number of alkyl carbamates (subject to hydrolysis) is 1. The molecule has 4 aliphatic rings. The van der Waals surface area contributed by atoms with Crippen molar-refractivity contribution in [3.05, 3.63) is 35.9 Å². The minimum atomic E-state index is -1.00. The van der Waals surface area contributed by atoms with Gasteiger partial charge in [-0.3, -0.25) is 4.79 Å². The molecule has 0 aromatic heterocycles. The van der Waals surface area contributed by atoms with E-state index in [0.717, 1.165) is 55.4 Å². The number of carboxylic acids is 1. The van der Waals surface area contributed by atoms with Gasteiger partial charge in [-0.15, -0.1) is 0 Å². The summed E-state index contributed by atoms with van der Waals surface area (Å²) in [6.07, 6.45) is 12.9. The molecule has 4 aliphatic carbocycles. The minimum absolute atomic E-state index is 0.0311. The molecular formula is C39H59NO9. The number of rotatable bonds is 18. The van der Waals surface area contributed by atoms with E-state index in [9.17, 15) is 14.4 Å². The molecular weight excluding hydrogens is 626 g/mol. The van der Waals surface area contributed by atoms with E-state index in [1.165, 1.54) is 38.5 Å². The van der Waals surface area contributed by atoms with E-state index in [0.29, 0.717) is 68.7 Å². The van der Waals surface area contributed by atoms with Gasteiger partial charge in [0, 0.05) is 13.0 Å². The molecule has 0 heterocycles. The van der Waals surface area contributed by atoms with Crippen molar-refractivity contribution in [2.75, 3.05) is 46.2 Å². The summed E-state index contributed by atoms with van der Waals surface area (Å²) in [6.45, 7) is 7.17. The molecule has 8 unspecified atom stereocenters. The van der Waals surface area contributed by atoms with Crippen LogP contribution in [0.2, 0.25) is 0 Å². The number of carbonyl (C=O) groups excluding carboxylic acids is 2. The molecule has 10 nitrogen and oxygen atoms in total. The van der Waals surface area contributed by atoms with E-state index in [2.05, 4.69) is 19.2 Å². The van der Waals surface area contributed by atoms with Crippen LogP contribution in [-0.2, 0) is 39.9 Å². The maximum Gasteiger partial charge on any atom is 0.407 e. The number of ether oxygens (including phenoxy) is 5. The van der Waals surface area contributed by atoms with Crippen LogP contribution < -0.4 is 5.32 Å². The Morgan fingerprint density at radius 1 is 0.837 bits per heavy atom. The van der Waals surface area contributed by atoms with Crippen LogP contribution >= 0.6 is 0 Å². The number of esters is 1. The first-order chi connectivity index (χ1) is 23.7. The van der Waals surface area contributed by atoms with Gasteiger partial charge < -0.3 is 34.1 Å². The van der Waals surface area contributed by atoms with Gasteiger partial charge in [-0.05, 0) is 117 Å². The first-order valence-electron chi connectivity index (χ1n) is 18.8. The number of benzene rings is 1. The monoisotopic (exact) mass is 685 g/mol. The number of fused-ring (bicyclic) bond motifs is 5. The number of carboxylic acid groups (broad SMARTS) is 1. The molecule has 10 heteroatoms. The molecule has 5 rings (SSSR count). The zero-order valence-electron chi connectivity index (χ0n) is 29.7. The van der Waals surface area contributed by atoms with Crippen molar-refractivity contribution in [3.8, 4) is 0 Å². The van der Waals surface area contributed by atoms with Gasteiger partial charge in [0.1, 0.15) is 19.3 Å². The Balaban J connectivity index is 0.977.